The Kier molecular flexibility index (Phi) is 4.91. The normalized spacial score (nSPS) is 10.3. The summed E-state index contributed by atoms with van der Waals surface area (Å²) in [5.74, 6) is 0. The van der Waals surface area contributed by atoms with Crippen molar-refractivity contribution in [3.05, 3.63) is 77.3 Å². The Morgan fingerprint density at radius 2 is 1.60 bits per heavy atom. The highest BCUT2D eigenvalue weighted by Gasteiger charge is 2.09. The summed E-state index contributed by atoms with van der Waals surface area (Å²) in [6.45, 7) is 2.06. The molecule has 0 atom stereocenters. The third-order valence-corrected chi connectivity index (χ3v) is 4.18. The number of carbonyl (C=O) groups is 1. The Bertz CT molecular complexity index is 924. The predicted molar refractivity (Wildman–Crippen MR) is 105 cm³/mol. The molecule has 0 unspecified atom stereocenters. The van der Waals surface area contributed by atoms with Crippen molar-refractivity contribution in [2.45, 2.75) is 6.92 Å². The van der Waals surface area contributed by atoms with E-state index in [9.17, 15) is 4.79 Å². The second-order valence-electron chi connectivity index (χ2n) is 5.67. The molecule has 0 radical (unpaired) electrons. The minimum absolute atomic E-state index is 0.606. The van der Waals surface area contributed by atoms with Crippen LogP contribution in [-0.2, 0) is 0 Å². The Hall–Kier alpha value is -2.98. The summed E-state index contributed by atoms with van der Waals surface area (Å²) in [4.78, 5) is 11.1. The van der Waals surface area contributed by atoms with Gasteiger partial charge in [0.15, 0.2) is 0 Å². The van der Waals surface area contributed by atoms with Gasteiger partial charge in [0.05, 0.1) is 16.4 Å². The molecule has 0 aliphatic heterocycles. The number of primary amides is 1. The van der Waals surface area contributed by atoms with E-state index >= 15 is 0 Å². The zero-order chi connectivity index (χ0) is 17.8. The molecule has 2 amide bonds. The van der Waals surface area contributed by atoms with Gasteiger partial charge in [-0.05, 0) is 42.3 Å². The molecule has 25 heavy (non-hydrogen) atoms. The highest BCUT2D eigenvalue weighted by Crippen LogP contribution is 2.34. The second kappa shape index (κ2) is 7.28. The van der Waals surface area contributed by atoms with Crippen molar-refractivity contribution in [2.75, 3.05) is 10.6 Å². The molecule has 4 nitrogen and oxygen atoms in total. The SMILES string of the molecule is Cc1ccccc1-c1ccc(Nc2ccccc2NC(N)=O)cc1Cl. The summed E-state index contributed by atoms with van der Waals surface area (Å²) in [6.07, 6.45) is 0. The topological polar surface area (TPSA) is 67.2 Å². The molecule has 3 aromatic carbocycles. The number of para-hydroxylation sites is 2. The van der Waals surface area contributed by atoms with Crippen molar-refractivity contribution < 1.29 is 4.79 Å². The van der Waals surface area contributed by atoms with E-state index in [1.807, 2.05) is 48.5 Å². The van der Waals surface area contributed by atoms with Crippen LogP contribution in [0, 0.1) is 6.92 Å². The lowest BCUT2D eigenvalue weighted by Crippen LogP contribution is -2.19. The van der Waals surface area contributed by atoms with E-state index in [1.54, 1.807) is 6.07 Å². The van der Waals surface area contributed by atoms with Crippen LogP contribution in [0.1, 0.15) is 5.56 Å². The molecule has 4 N–H and O–H groups in total. The van der Waals surface area contributed by atoms with Crippen LogP contribution in [0.3, 0.4) is 0 Å². The molecule has 0 aromatic heterocycles. The lowest BCUT2D eigenvalue weighted by molar-refractivity contribution is 0.259. The number of benzene rings is 3. The third kappa shape index (κ3) is 3.92. The smallest absolute Gasteiger partial charge is 0.316 e. The molecule has 5 heteroatoms. The van der Waals surface area contributed by atoms with E-state index < -0.39 is 6.03 Å². The van der Waals surface area contributed by atoms with Gasteiger partial charge in [-0.1, -0.05) is 54.1 Å². The number of amides is 2. The van der Waals surface area contributed by atoms with E-state index in [4.69, 9.17) is 17.3 Å². The van der Waals surface area contributed by atoms with E-state index in [0.29, 0.717) is 10.7 Å². The third-order valence-electron chi connectivity index (χ3n) is 3.87. The van der Waals surface area contributed by atoms with Crippen LogP contribution in [-0.4, -0.2) is 6.03 Å². The summed E-state index contributed by atoms with van der Waals surface area (Å²) >= 11 is 6.50. The second-order valence-corrected chi connectivity index (χ2v) is 6.08. The number of carbonyl (C=O) groups excluding carboxylic acids is 1. The fraction of sp³-hybridized carbons (Fsp3) is 0.0500. The average Bonchev–Trinajstić information content (AvgIpc) is 2.57. The summed E-state index contributed by atoms with van der Waals surface area (Å²) in [5, 5.41) is 6.51. The molecule has 0 aliphatic carbocycles. The number of aryl methyl sites for hydroxylation is 1. The van der Waals surface area contributed by atoms with Crippen molar-refractivity contribution in [2.24, 2.45) is 5.73 Å². The number of anilines is 3. The van der Waals surface area contributed by atoms with Crippen LogP contribution in [0.2, 0.25) is 5.02 Å². The summed E-state index contributed by atoms with van der Waals surface area (Å²) in [5.41, 5.74) is 10.6. The lowest BCUT2D eigenvalue weighted by atomic mass is 10.0. The fourth-order valence-electron chi connectivity index (χ4n) is 2.68. The first-order valence-corrected chi connectivity index (χ1v) is 8.20. The Labute approximate surface area is 151 Å². The van der Waals surface area contributed by atoms with E-state index in [1.165, 1.54) is 5.56 Å². The summed E-state index contributed by atoms with van der Waals surface area (Å²) in [6, 6.07) is 20.6. The molecule has 0 bridgehead atoms. The van der Waals surface area contributed by atoms with Crippen LogP contribution < -0.4 is 16.4 Å². The Morgan fingerprint density at radius 1 is 0.920 bits per heavy atom. The van der Waals surface area contributed by atoms with Gasteiger partial charge in [-0.2, -0.15) is 0 Å². The monoisotopic (exact) mass is 351 g/mol. The van der Waals surface area contributed by atoms with Crippen LogP contribution in [0.15, 0.2) is 66.7 Å². The van der Waals surface area contributed by atoms with Crippen LogP contribution in [0.25, 0.3) is 11.1 Å². The number of urea groups is 1. The van der Waals surface area contributed by atoms with Gasteiger partial charge in [0.1, 0.15) is 0 Å². The summed E-state index contributed by atoms with van der Waals surface area (Å²) in [7, 11) is 0. The van der Waals surface area contributed by atoms with Crippen LogP contribution >= 0.6 is 11.6 Å². The largest absolute Gasteiger partial charge is 0.354 e. The maximum Gasteiger partial charge on any atom is 0.316 e. The molecule has 3 rings (SSSR count). The van der Waals surface area contributed by atoms with Gasteiger partial charge in [0, 0.05) is 11.3 Å². The van der Waals surface area contributed by atoms with Crippen molar-refractivity contribution in [3.63, 3.8) is 0 Å². The molecule has 3 aromatic rings. The van der Waals surface area contributed by atoms with Gasteiger partial charge in [0.25, 0.3) is 0 Å². The zero-order valence-electron chi connectivity index (χ0n) is 13.7. The number of nitrogens with two attached hydrogens (primary N) is 1. The molecule has 0 saturated heterocycles. The van der Waals surface area contributed by atoms with E-state index in [2.05, 4.69) is 29.7 Å². The van der Waals surface area contributed by atoms with Crippen LogP contribution in [0.5, 0.6) is 0 Å². The fourth-order valence-corrected chi connectivity index (χ4v) is 2.96. The molecule has 0 fully saturated rings. The highest BCUT2D eigenvalue weighted by molar-refractivity contribution is 6.33. The minimum atomic E-state index is -0.609. The van der Waals surface area contributed by atoms with Crippen molar-refractivity contribution in [1.82, 2.24) is 0 Å². The Balaban J connectivity index is 1.90. The van der Waals surface area contributed by atoms with Gasteiger partial charge in [0.2, 0.25) is 0 Å². The van der Waals surface area contributed by atoms with E-state index in [-0.39, 0.29) is 0 Å². The molecule has 0 aliphatic rings. The van der Waals surface area contributed by atoms with Gasteiger partial charge >= 0.3 is 6.03 Å². The number of hydrogen-bond donors (Lipinski definition) is 3. The van der Waals surface area contributed by atoms with Gasteiger partial charge in [-0.3, -0.25) is 0 Å². The standard InChI is InChI=1S/C20H18ClN3O/c1-13-6-2-3-7-15(13)16-11-10-14(12-17(16)21)23-18-8-4-5-9-19(18)24-20(22)25/h2-12,23H,1H3,(H3,22,24,25). The number of hydrogen-bond acceptors (Lipinski definition) is 2. The summed E-state index contributed by atoms with van der Waals surface area (Å²) < 4.78 is 0. The quantitative estimate of drug-likeness (QED) is 0.576. The number of halogens is 1. The molecular weight excluding hydrogens is 334 g/mol. The molecular formula is C20H18ClN3O. The zero-order valence-corrected chi connectivity index (χ0v) is 14.5. The number of nitrogens with one attached hydrogen (secondary N) is 2. The van der Waals surface area contributed by atoms with Crippen molar-refractivity contribution >= 4 is 34.7 Å². The molecule has 0 saturated carbocycles. The van der Waals surface area contributed by atoms with Gasteiger partial charge in [-0.25, -0.2) is 4.79 Å². The van der Waals surface area contributed by atoms with Gasteiger partial charge in [-0.15, -0.1) is 0 Å². The first-order valence-electron chi connectivity index (χ1n) is 7.82. The minimum Gasteiger partial charge on any atom is -0.354 e. The van der Waals surface area contributed by atoms with Crippen LogP contribution in [0.4, 0.5) is 21.9 Å². The highest BCUT2D eigenvalue weighted by atomic mass is 35.5. The predicted octanol–water partition coefficient (Wildman–Crippen LogP) is 5.55. The molecule has 0 spiro atoms. The van der Waals surface area contributed by atoms with Crippen molar-refractivity contribution in [1.29, 1.82) is 0 Å². The first-order chi connectivity index (χ1) is 12.0. The maximum absolute atomic E-state index is 11.1. The number of rotatable bonds is 4. The maximum atomic E-state index is 11.1. The molecule has 126 valence electrons. The first kappa shape index (κ1) is 16.9. The van der Waals surface area contributed by atoms with E-state index in [0.717, 1.165) is 22.5 Å². The lowest BCUT2D eigenvalue weighted by Gasteiger charge is -2.14. The molecule has 0 heterocycles. The van der Waals surface area contributed by atoms with Crippen molar-refractivity contribution in [3.8, 4) is 11.1 Å². The van der Waals surface area contributed by atoms with Gasteiger partial charge < -0.3 is 16.4 Å². The Morgan fingerprint density at radius 3 is 2.28 bits per heavy atom. The average molecular weight is 352 g/mol.